The molecule has 0 bridgehead atoms. The number of nitrogens with one attached hydrogen (secondary N) is 1. The van der Waals surface area contributed by atoms with E-state index in [2.05, 4.69) is 5.32 Å². The van der Waals surface area contributed by atoms with Gasteiger partial charge < -0.3 is 16.8 Å². The molecule has 0 saturated heterocycles. The van der Waals surface area contributed by atoms with E-state index in [4.69, 9.17) is 34.7 Å². The quantitative estimate of drug-likeness (QED) is 0.750. The minimum absolute atomic E-state index is 0.130. The van der Waals surface area contributed by atoms with Crippen LogP contribution in [0, 0.1) is 0 Å². The molecule has 0 radical (unpaired) electrons. The molecule has 4 nitrogen and oxygen atoms in total. The van der Waals surface area contributed by atoms with Crippen molar-refractivity contribution in [1.82, 2.24) is 0 Å². The fraction of sp³-hybridized carbons (Fsp3) is 0.133. The molecule has 2 rings (SSSR count). The van der Waals surface area contributed by atoms with Crippen LogP contribution >= 0.6 is 23.2 Å². The summed E-state index contributed by atoms with van der Waals surface area (Å²) >= 11 is 11.8. The van der Waals surface area contributed by atoms with Gasteiger partial charge in [-0.1, -0.05) is 29.3 Å². The van der Waals surface area contributed by atoms with E-state index < -0.39 is 0 Å². The Morgan fingerprint density at radius 3 is 2.48 bits per heavy atom. The Hall–Kier alpha value is -1.91. The first-order valence-corrected chi connectivity index (χ1v) is 7.10. The highest BCUT2D eigenvalue weighted by Gasteiger charge is 2.07. The Bertz CT molecular complexity index is 674. The molecule has 0 saturated carbocycles. The molecule has 0 aliphatic heterocycles. The normalized spacial score (nSPS) is 10.4. The van der Waals surface area contributed by atoms with Crippen molar-refractivity contribution in [2.45, 2.75) is 12.8 Å². The molecule has 2 aromatic rings. The molecule has 5 N–H and O–H groups in total. The van der Waals surface area contributed by atoms with E-state index in [0.717, 1.165) is 5.56 Å². The predicted molar refractivity (Wildman–Crippen MR) is 88.7 cm³/mol. The minimum atomic E-state index is -0.130. The van der Waals surface area contributed by atoms with Crippen LogP contribution in [0.2, 0.25) is 10.0 Å². The second-order valence-electron chi connectivity index (χ2n) is 4.64. The number of hydrogen-bond donors (Lipinski definition) is 3. The molecule has 21 heavy (non-hydrogen) atoms. The first kappa shape index (κ1) is 15.5. The minimum Gasteiger partial charge on any atom is -0.397 e. The Labute approximate surface area is 133 Å². The van der Waals surface area contributed by atoms with E-state index >= 15 is 0 Å². The molecule has 0 aliphatic carbocycles. The second-order valence-corrected chi connectivity index (χ2v) is 5.48. The third kappa shape index (κ3) is 4.28. The van der Waals surface area contributed by atoms with Crippen LogP contribution in [0.5, 0.6) is 0 Å². The van der Waals surface area contributed by atoms with Gasteiger partial charge in [0.1, 0.15) is 0 Å². The van der Waals surface area contributed by atoms with E-state index in [1.54, 1.807) is 30.3 Å². The van der Waals surface area contributed by atoms with Gasteiger partial charge in [-0.25, -0.2) is 0 Å². The number of hydrogen-bond acceptors (Lipinski definition) is 3. The first-order valence-electron chi connectivity index (χ1n) is 6.34. The number of benzene rings is 2. The second kappa shape index (κ2) is 6.70. The van der Waals surface area contributed by atoms with Crippen LogP contribution in [0.1, 0.15) is 12.0 Å². The number of rotatable bonds is 4. The molecule has 0 aliphatic rings. The van der Waals surface area contributed by atoms with Gasteiger partial charge in [0.25, 0.3) is 0 Å². The van der Waals surface area contributed by atoms with Crippen LogP contribution in [0.4, 0.5) is 17.1 Å². The first-order chi connectivity index (χ1) is 9.95. The van der Waals surface area contributed by atoms with Gasteiger partial charge in [-0.05, 0) is 42.3 Å². The highest BCUT2D eigenvalue weighted by Crippen LogP contribution is 2.25. The summed E-state index contributed by atoms with van der Waals surface area (Å²) in [6, 6.07) is 10.3. The van der Waals surface area contributed by atoms with E-state index in [9.17, 15) is 4.79 Å². The van der Waals surface area contributed by atoms with Crippen molar-refractivity contribution >= 4 is 46.2 Å². The lowest BCUT2D eigenvalue weighted by molar-refractivity contribution is -0.116. The van der Waals surface area contributed by atoms with Crippen molar-refractivity contribution < 1.29 is 4.79 Å². The summed E-state index contributed by atoms with van der Waals surface area (Å²) in [5.41, 5.74) is 13.9. The number of amides is 1. The molecule has 0 unspecified atom stereocenters. The van der Waals surface area contributed by atoms with Gasteiger partial charge >= 0.3 is 0 Å². The molecule has 1 amide bonds. The summed E-state index contributed by atoms with van der Waals surface area (Å²) in [7, 11) is 0. The van der Waals surface area contributed by atoms with Crippen LogP contribution in [-0.2, 0) is 11.2 Å². The third-order valence-electron chi connectivity index (χ3n) is 3.00. The lowest BCUT2D eigenvalue weighted by Gasteiger charge is -2.08. The molecule has 0 aromatic heterocycles. The van der Waals surface area contributed by atoms with Crippen LogP contribution in [0.3, 0.4) is 0 Å². The predicted octanol–water partition coefficient (Wildman–Crippen LogP) is 3.73. The van der Waals surface area contributed by atoms with Crippen LogP contribution in [0.25, 0.3) is 0 Å². The van der Waals surface area contributed by atoms with Crippen LogP contribution in [-0.4, -0.2) is 5.91 Å². The molecule has 2 aromatic carbocycles. The number of carbonyl (C=O) groups is 1. The van der Waals surface area contributed by atoms with Crippen LogP contribution < -0.4 is 16.8 Å². The number of nitrogens with two attached hydrogens (primary N) is 2. The van der Waals surface area contributed by atoms with Crippen molar-refractivity contribution in [3.8, 4) is 0 Å². The van der Waals surface area contributed by atoms with Gasteiger partial charge in [0, 0.05) is 11.4 Å². The van der Waals surface area contributed by atoms with E-state index in [0.29, 0.717) is 39.9 Å². The summed E-state index contributed by atoms with van der Waals surface area (Å²) in [5, 5.41) is 3.68. The van der Waals surface area contributed by atoms with Crippen molar-refractivity contribution in [3.05, 3.63) is 52.0 Å². The fourth-order valence-electron chi connectivity index (χ4n) is 1.84. The molecule has 110 valence electrons. The zero-order valence-electron chi connectivity index (χ0n) is 11.2. The van der Waals surface area contributed by atoms with Crippen molar-refractivity contribution in [2.75, 3.05) is 16.8 Å². The molecule has 0 atom stereocenters. The Morgan fingerprint density at radius 2 is 1.81 bits per heavy atom. The molecular formula is C15H15Cl2N3O. The van der Waals surface area contributed by atoms with Gasteiger partial charge in [0.05, 0.1) is 22.1 Å². The van der Waals surface area contributed by atoms with Crippen molar-refractivity contribution in [3.63, 3.8) is 0 Å². The Morgan fingerprint density at radius 1 is 1.05 bits per heavy atom. The number of carbonyl (C=O) groups excluding carboxylic acids is 1. The maximum absolute atomic E-state index is 11.9. The van der Waals surface area contributed by atoms with Crippen molar-refractivity contribution in [2.24, 2.45) is 0 Å². The number of halogens is 2. The van der Waals surface area contributed by atoms with Crippen LogP contribution in [0.15, 0.2) is 36.4 Å². The Kier molecular flexibility index (Phi) is 4.94. The average Bonchev–Trinajstić information content (AvgIpc) is 2.43. The van der Waals surface area contributed by atoms with E-state index in [1.807, 2.05) is 6.07 Å². The Balaban J connectivity index is 1.94. The number of nitrogen functional groups attached to an aromatic ring is 2. The number of anilines is 3. The average molecular weight is 324 g/mol. The highest BCUT2D eigenvalue weighted by molar-refractivity contribution is 6.36. The molecular weight excluding hydrogens is 309 g/mol. The van der Waals surface area contributed by atoms with Gasteiger partial charge in [-0.15, -0.1) is 0 Å². The topological polar surface area (TPSA) is 81.1 Å². The summed E-state index contributed by atoms with van der Waals surface area (Å²) in [6.45, 7) is 0. The molecule has 0 fully saturated rings. The molecule has 6 heteroatoms. The van der Waals surface area contributed by atoms with Gasteiger partial charge in [0.15, 0.2) is 0 Å². The summed E-state index contributed by atoms with van der Waals surface area (Å²) in [5.74, 6) is -0.130. The van der Waals surface area contributed by atoms with E-state index in [1.165, 1.54) is 0 Å². The van der Waals surface area contributed by atoms with Crippen molar-refractivity contribution in [1.29, 1.82) is 0 Å². The molecule has 0 heterocycles. The van der Waals surface area contributed by atoms with Gasteiger partial charge in [0.2, 0.25) is 5.91 Å². The lowest BCUT2D eigenvalue weighted by Crippen LogP contribution is -2.12. The maximum atomic E-state index is 11.9. The van der Waals surface area contributed by atoms with Gasteiger partial charge in [-0.2, -0.15) is 0 Å². The maximum Gasteiger partial charge on any atom is 0.224 e. The molecule has 0 spiro atoms. The standard InChI is InChI=1S/C15H15Cl2N3O/c16-10-3-5-14(11(17)8-10)20-15(21)6-2-9-1-4-12(18)13(19)7-9/h1,3-5,7-8H,2,6,18-19H2,(H,20,21). The zero-order chi connectivity index (χ0) is 15.4. The fourth-order valence-corrected chi connectivity index (χ4v) is 2.30. The largest absolute Gasteiger partial charge is 0.397 e. The lowest BCUT2D eigenvalue weighted by atomic mass is 10.1. The third-order valence-corrected chi connectivity index (χ3v) is 3.54. The zero-order valence-corrected chi connectivity index (χ0v) is 12.7. The summed E-state index contributed by atoms with van der Waals surface area (Å²) in [4.78, 5) is 11.9. The number of aryl methyl sites for hydroxylation is 1. The monoisotopic (exact) mass is 323 g/mol. The summed E-state index contributed by atoms with van der Waals surface area (Å²) < 4.78 is 0. The smallest absolute Gasteiger partial charge is 0.224 e. The SMILES string of the molecule is Nc1ccc(CCC(=O)Nc2ccc(Cl)cc2Cl)cc1N. The highest BCUT2D eigenvalue weighted by atomic mass is 35.5. The van der Waals surface area contributed by atoms with E-state index in [-0.39, 0.29) is 5.91 Å². The summed E-state index contributed by atoms with van der Waals surface area (Å²) in [6.07, 6.45) is 0.893. The van der Waals surface area contributed by atoms with Gasteiger partial charge in [-0.3, -0.25) is 4.79 Å².